The van der Waals surface area contributed by atoms with Crippen LogP contribution < -0.4 is 11.1 Å². The third-order valence-electron chi connectivity index (χ3n) is 6.84. The molecule has 5 N–H and O–H groups in total. The number of aromatic nitrogens is 4. The Morgan fingerprint density at radius 2 is 2.12 bits per heavy atom. The number of hydrogen-bond acceptors (Lipinski definition) is 6. The van der Waals surface area contributed by atoms with E-state index in [1.807, 2.05) is 55.0 Å². The van der Waals surface area contributed by atoms with Crippen molar-refractivity contribution in [2.24, 2.45) is 0 Å². The highest BCUT2D eigenvalue weighted by molar-refractivity contribution is 6.14. The van der Waals surface area contributed by atoms with E-state index in [9.17, 15) is 8.78 Å². The molecule has 0 spiro atoms. The van der Waals surface area contributed by atoms with E-state index in [0.717, 1.165) is 27.9 Å². The van der Waals surface area contributed by atoms with Crippen LogP contribution in [0.15, 0.2) is 79.6 Å². The first kappa shape index (κ1) is 27.0. The Kier molecular flexibility index (Phi) is 7.36. The molecular formula is C30H32F2N8. The Bertz CT molecular complexity index is 1640. The number of fused-ring (bicyclic) bond motifs is 1. The average molecular weight is 543 g/mol. The molecule has 40 heavy (non-hydrogen) atoms. The fourth-order valence-electron chi connectivity index (χ4n) is 4.95. The predicted octanol–water partition coefficient (Wildman–Crippen LogP) is 5.42. The number of nitrogens with two attached hydrogens (primary N) is 1. The normalized spacial score (nSPS) is 16.0. The van der Waals surface area contributed by atoms with Crippen molar-refractivity contribution in [2.75, 3.05) is 25.4 Å². The van der Waals surface area contributed by atoms with Gasteiger partial charge in [-0.1, -0.05) is 24.3 Å². The van der Waals surface area contributed by atoms with Gasteiger partial charge in [-0.3, -0.25) is 10.3 Å². The fourth-order valence-corrected chi connectivity index (χ4v) is 4.95. The second kappa shape index (κ2) is 10.9. The highest BCUT2D eigenvalue weighted by Gasteiger charge is 2.37. The number of imidazole rings is 1. The van der Waals surface area contributed by atoms with E-state index in [1.165, 1.54) is 6.20 Å². The maximum absolute atomic E-state index is 13.7. The first-order valence-electron chi connectivity index (χ1n) is 13.0. The van der Waals surface area contributed by atoms with Gasteiger partial charge in [-0.25, -0.2) is 18.7 Å². The van der Waals surface area contributed by atoms with Gasteiger partial charge in [0.25, 0.3) is 5.92 Å². The van der Waals surface area contributed by atoms with Crippen molar-refractivity contribution in [3.8, 4) is 5.69 Å². The van der Waals surface area contributed by atoms with E-state index in [1.54, 1.807) is 29.6 Å². The summed E-state index contributed by atoms with van der Waals surface area (Å²) in [5.41, 5.74) is 12.7. The molecule has 5 rings (SSSR count). The minimum absolute atomic E-state index is 0.122. The monoisotopic (exact) mass is 542 g/mol. The molecule has 1 aliphatic heterocycles. The van der Waals surface area contributed by atoms with Crippen LogP contribution in [0.3, 0.4) is 0 Å². The van der Waals surface area contributed by atoms with Crippen LogP contribution in [-0.2, 0) is 0 Å². The molecule has 4 aromatic rings. The molecule has 0 amide bonds. The molecule has 1 fully saturated rings. The van der Waals surface area contributed by atoms with Gasteiger partial charge in [-0.15, -0.1) is 0 Å². The Hall–Kier alpha value is -4.57. The Morgan fingerprint density at radius 1 is 1.30 bits per heavy atom. The molecule has 10 heteroatoms. The molecule has 0 radical (unpaired) electrons. The quantitative estimate of drug-likeness (QED) is 0.167. The van der Waals surface area contributed by atoms with Crippen molar-refractivity contribution in [1.29, 1.82) is 5.41 Å². The van der Waals surface area contributed by atoms with Gasteiger partial charge >= 0.3 is 0 Å². The second-order valence-corrected chi connectivity index (χ2v) is 10.1. The molecule has 206 valence electrons. The van der Waals surface area contributed by atoms with Gasteiger partial charge in [0.05, 0.1) is 41.3 Å². The van der Waals surface area contributed by atoms with E-state index in [4.69, 9.17) is 16.1 Å². The number of rotatable bonds is 9. The molecule has 1 aliphatic rings. The summed E-state index contributed by atoms with van der Waals surface area (Å²) in [6, 6.07) is 11.3. The lowest BCUT2D eigenvalue weighted by molar-refractivity contribution is 0.0131. The van der Waals surface area contributed by atoms with Gasteiger partial charge in [0.15, 0.2) is 0 Å². The molecule has 3 aromatic heterocycles. The van der Waals surface area contributed by atoms with Crippen LogP contribution in [-0.4, -0.2) is 55.7 Å². The fraction of sp³-hybridized carbons (Fsp3) is 0.233. The lowest BCUT2D eigenvalue weighted by atomic mass is 10.1. The van der Waals surface area contributed by atoms with Gasteiger partial charge in [-0.05, 0) is 50.4 Å². The van der Waals surface area contributed by atoms with Crippen molar-refractivity contribution in [3.05, 3.63) is 102 Å². The van der Waals surface area contributed by atoms with Gasteiger partial charge in [0.1, 0.15) is 11.4 Å². The highest BCUT2D eigenvalue weighted by Crippen LogP contribution is 2.29. The number of likely N-dealkylation sites (tertiary alicyclic amines) is 1. The maximum atomic E-state index is 13.7. The minimum Gasteiger partial charge on any atom is -0.397 e. The number of nitrogens with one attached hydrogen (secondary N) is 3. The summed E-state index contributed by atoms with van der Waals surface area (Å²) in [7, 11) is 0. The Labute approximate surface area is 231 Å². The number of anilines is 1. The van der Waals surface area contributed by atoms with Gasteiger partial charge in [-0.2, -0.15) is 0 Å². The molecule has 4 heterocycles. The number of allylic oxidation sites excluding steroid dienone is 2. The zero-order chi connectivity index (χ0) is 28.4. The van der Waals surface area contributed by atoms with Gasteiger partial charge < -0.3 is 20.6 Å². The first-order chi connectivity index (χ1) is 19.1. The van der Waals surface area contributed by atoms with E-state index in [-0.39, 0.29) is 18.7 Å². The van der Waals surface area contributed by atoms with E-state index in [0.29, 0.717) is 41.4 Å². The smallest absolute Gasteiger partial charge is 0.261 e. The number of hydrogen-bond donors (Lipinski definition) is 4. The van der Waals surface area contributed by atoms with E-state index in [2.05, 4.69) is 21.9 Å². The highest BCUT2D eigenvalue weighted by atomic mass is 19.3. The number of H-pyrrole nitrogens is 1. The molecule has 0 aliphatic carbocycles. The van der Waals surface area contributed by atoms with E-state index < -0.39 is 5.92 Å². The molecule has 1 saturated heterocycles. The Morgan fingerprint density at radius 3 is 2.83 bits per heavy atom. The lowest BCUT2D eigenvalue weighted by Gasteiger charge is -2.16. The Balaban J connectivity index is 1.46. The molecule has 0 bridgehead atoms. The molecule has 0 saturated carbocycles. The molecule has 0 unspecified atom stereocenters. The number of benzene rings is 1. The van der Waals surface area contributed by atoms with Crippen LogP contribution in [0, 0.1) is 12.3 Å². The van der Waals surface area contributed by atoms with E-state index >= 15 is 0 Å². The lowest BCUT2D eigenvalue weighted by Crippen LogP contribution is -2.26. The van der Waals surface area contributed by atoms with Gasteiger partial charge in [0.2, 0.25) is 0 Å². The number of aryl methyl sites for hydroxylation is 1. The summed E-state index contributed by atoms with van der Waals surface area (Å²) in [6.45, 7) is 8.08. The largest absolute Gasteiger partial charge is 0.397 e. The number of nitrogens with zero attached hydrogens (tertiary/aromatic N) is 4. The van der Waals surface area contributed by atoms with Crippen LogP contribution in [0.4, 0.5) is 14.5 Å². The molecular weight excluding hydrogens is 510 g/mol. The standard InChI is InChI=1S/C30H32F2N8/c1-4-35-14-21(12-19(2)15-39-11-10-30(31,32)17-39)24-9-8-23(33)29(38-24)28(34)26-13-22-25(37-26)6-5-7-27(22)40-16-20(3)36-18-40/h4-9,12-14,16,18,34-35,37H,1,10-11,15,17,33H2,2-3H3/b19-12+,21-14+,34-28?. The average Bonchev–Trinajstić information content (AvgIpc) is 3.64. The molecule has 8 nitrogen and oxygen atoms in total. The molecule has 0 atom stereocenters. The number of nitrogen functional groups attached to an aromatic ring is 1. The molecule has 1 aromatic carbocycles. The predicted molar refractivity (Wildman–Crippen MR) is 156 cm³/mol. The van der Waals surface area contributed by atoms with Crippen molar-refractivity contribution in [1.82, 2.24) is 29.7 Å². The summed E-state index contributed by atoms with van der Waals surface area (Å²) in [5.74, 6) is -2.64. The maximum Gasteiger partial charge on any atom is 0.261 e. The van der Waals surface area contributed by atoms with Crippen molar-refractivity contribution in [2.45, 2.75) is 26.2 Å². The topological polar surface area (TPSA) is 112 Å². The van der Waals surface area contributed by atoms with Crippen molar-refractivity contribution in [3.63, 3.8) is 0 Å². The second-order valence-electron chi connectivity index (χ2n) is 10.1. The van der Waals surface area contributed by atoms with Crippen LogP contribution in [0.5, 0.6) is 0 Å². The van der Waals surface area contributed by atoms with Crippen molar-refractivity contribution < 1.29 is 8.78 Å². The SMILES string of the molecule is C=CN/C=C(\C=C(/C)CN1CCC(F)(F)C1)c1ccc(N)c(C(=N)c2cc3c(-n4cnc(C)c4)cccc3[nH]2)n1. The number of aromatic amines is 1. The van der Waals surface area contributed by atoms with Crippen LogP contribution in [0.2, 0.25) is 0 Å². The zero-order valence-electron chi connectivity index (χ0n) is 22.5. The van der Waals surface area contributed by atoms with Crippen LogP contribution >= 0.6 is 0 Å². The number of pyridine rings is 1. The summed E-state index contributed by atoms with van der Waals surface area (Å²) < 4.78 is 29.3. The van der Waals surface area contributed by atoms with Crippen molar-refractivity contribution >= 4 is 27.9 Å². The number of halogens is 2. The number of alkyl halides is 2. The zero-order valence-corrected chi connectivity index (χ0v) is 22.5. The third kappa shape index (κ3) is 5.72. The summed E-state index contributed by atoms with van der Waals surface area (Å²) in [4.78, 5) is 14.2. The minimum atomic E-state index is -2.64. The first-order valence-corrected chi connectivity index (χ1v) is 13.0. The van der Waals surface area contributed by atoms with Crippen LogP contribution in [0.25, 0.3) is 22.2 Å². The van der Waals surface area contributed by atoms with Gasteiger partial charge in [0, 0.05) is 48.4 Å². The third-order valence-corrected chi connectivity index (χ3v) is 6.84. The summed E-state index contributed by atoms with van der Waals surface area (Å²) in [5, 5.41) is 12.9. The summed E-state index contributed by atoms with van der Waals surface area (Å²) in [6.07, 6.45) is 8.77. The summed E-state index contributed by atoms with van der Waals surface area (Å²) >= 11 is 0. The van der Waals surface area contributed by atoms with Crippen LogP contribution in [0.1, 0.15) is 36.1 Å².